The van der Waals surface area contributed by atoms with Crippen molar-refractivity contribution in [2.75, 3.05) is 26.7 Å². The van der Waals surface area contributed by atoms with Gasteiger partial charge in [0.05, 0.1) is 19.3 Å². The van der Waals surface area contributed by atoms with E-state index in [1.54, 1.807) is 29.9 Å². The molecule has 0 saturated carbocycles. The van der Waals surface area contributed by atoms with E-state index in [1.807, 2.05) is 6.20 Å². The number of nitrogens with zero attached hydrogens (tertiary/aromatic N) is 4. The van der Waals surface area contributed by atoms with E-state index in [0.717, 1.165) is 5.56 Å². The van der Waals surface area contributed by atoms with Crippen LogP contribution in [0, 0.1) is 0 Å². The van der Waals surface area contributed by atoms with Crippen LogP contribution in [0.3, 0.4) is 0 Å². The normalized spacial score (nSPS) is 17.3. The third-order valence-electron chi connectivity index (χ3n) is 3.84. The van der Waals surface area contributed by atoms with Gasteiger partial charge >= 0.3 is 12.2 Å². The Balaban J connectivity index is 1.74. The average Bonchev–Trinajstić information content (AvgIpc) is 2.84. The van der Waals surface area contributed by atoms with Gasteiger partial charge in [-0.2, -0.15) is 18.3 Å². The van der Waals surface area contributed by atoms with Gasteiger partial charge in [-0.1, -0.05) is 0 Å². The van der Waals surface area contributed by atoms with Crippen LogP contribution in [0.5, 0.6) is 0 Å². The third-order valence-corrected chi connectivity index (χ3v) is 3.84. The van der Waals surface area contributed by atoms with Crippen molar-refractivity contribution in [1.29, 1.82) is 0 Å². The fourth-order valence-corrected chi connectivity index (χ4v) is 2.67. The lowest BCUT2D eigenvalue weighted by atomic mass is 10.1. The van der Waals surface area contributed by atoms with E-state index < -0.39 is 12.7 Å². The summed E-state index contributed by atoms with van der Waals surface area (Å²) in [5.74, 6) is 0. The minimum atomic E-state index is -4.17. The molecule has 0 atom stereocenters. The number of urea groups is 1. The number of alkyl halides is 3. The lowest BCUT2D eigenvalue weighted by Crippen LogP contribution is -2.49. The Bertz CT molecular complexity index is 523. The molecule has 1 aliphatic heterocycles. The number of likely N-dealkylation sites (tertiary alicyclic amines) is 1. The van der Waals surface area contributed by atoms with E-state index in [2.05, 4.69) is 10.4 Å². The monoisotopic (exact) mass is 333 g/mol. The third kappa shape index (κ3) is 5.74. The Hall–Kier alpha value is -1.77. The smallest absolute Gasteiger partial charge is 0.335 e. The summed E-state index contributed by atoms with van der Waals surface area (Å²) in [4.78, 5) is 15.0. The molecule has 2 heterocycles. The lowest BCUT2D eigenvalue weighted by Gasteiger charge is -2.33. The highest BCUT2D eigenvalue weighted by Gasteiger charge is 2.32. The molecule has 0 aliphatic carbocycles. The van der Waals surface area contributed by atoms with Crippen LogP contribution in [-0.2, 0) is 13.6 Å². The quantitative estimate of drug-likeness (QED) is 0.910. The molecule has 0 unspecified atom stereocenters. The van der Waals surface area contributed by atoms with Crippen molar-refractivity contribution < 1.29 is 18.0 Å². The number of halogens is 3. The summed E-state index contributed by atoms with van der Waals surface area (Å²) in [6.45, 7) is 0.245. The Morgan fingerprint density at radius 1 is 1.43 bits per heavy atom. The van der Waals surface area contributed by atoms with Crippen LogP contribution in [-0.4, -0.2) is 64.5 Å². The Morgan fingerprint density at radius 3 is 2.61 bits per heavy atom. The van der Waals surface area contributed by atoms with Crippen molar-refractivity contribution in [1.82, 2.24) is 24.9 Å². The topological polar surface area (TPSA) is 53.4 Å². The van der Waals surface area contributed by atoms with Crippen molar-refractivity contribution in [2.24, 2.45) is 7.05 Å². The predicted molar refractivity (Wildman–Crippen MR) is 78.7 cm³/mol. The first-order valence-electron chi connectivity index (χ1n) is 7.51. The van der Waals surface area contributed by atoms with Crippen molar-refractivity contribution >= 4 is 6.03 Å². The molecule has 1 saturated heterocycles. The molecule has 23 heavy (non-hydrogen) atoms. The maximum absolute atomic E-state index is 12.3. The van der Waals surface area contributed by atoms with E-state index in [0.29, 0.717) is 32.5 Å². The van der Waals surface area contributed by atoms with Crippen LogP contribution in [0.1, 0.15) is 18.4 Å². The highest BCUT2D eigenvalue weighted by atomic mass is 19.4. The SMILES string of the molecule is CN(Cc1cnn(C)c1)C(=O)NC1CCN(CC(F)(F)F)CC1. The second-order valence-electron chi connectivity index (χ2n) is 5.99. The number of rotatable bonds is 4. The number of hydrogen-bond donors (Lipinski definition) is 1. The molecule has 6 nitrogen and oxygen atoms in total. The molecule has 0 spiro atoms. The molecule has 9 heteroatoms. The number of carbonyl (C=O) groups is 1. The summed E-state index contributed by atoms with van der Waals surface area (Å²) in [6, 6.07) is -0.300. The maximum atomic E-state index is 12.3. The molecule has 1 aromatic rings. The molecule has 1 aliphatic rings. The van der Waals surface area contributed by atoms with Gasteiger partial charge in [0.25, 0.3) is 0 Å². The van der Waals surface area contributed by atoms with Crippen LogP contribution in [0.15, 0.2) is 12.4 Å². The first-order chi connectivity index (χ1) is 10.7. The van der Waals surface area contributed by atoms with Gasteiger partial charge in [-0.15, -0.1) is 0 Å². The zero-order chi connectivity index (χ0) is 17.0. The fraction of sp³-hybridized carbons (Fsp3) is 0.714. The highest BCUT2D eigenvalue weighted by molar-refractivity contribution is 5.74. The highest BCUT2D eigenvalue weighted by Crippen LogP contribution is 2.19. The van der Waals surface area contributed by atoms with Crippen molar-refractivity contribution in [3.05, 3.63) is 18.0 Å². The Morgan fingerprint density at radius 2 is 2.09 bits per heavy atom. The number of aromatic nitrogens is 2. The molecule has 1 aromatic heterocycles. The lowest BCUT2D eigenvalue weighted by molar-refractivity contribution is -0.148. The number of carbonyl (C=O) groups excluding carboxylic acids is 1. The van der Waals surface area contributed by atoms with Gasteiger partial charge < -0.3 is 10.2 Å². The number of hydrogen-bond acceptors (Lipinski definition) is 3. The minimum Gasteiger partial charge on any atom is -0.335 e. The molecule has 1 fully saturated rings. The van der Waals surface area contributed by atoms with E-state index in [-0.39, 0.29) is 12.1 Å². The van der Waals surface area contributed by atoms with Gasteiger partial charge in [0.2, 0.25) is 0 Å². The number of piperidine rings is 1. The summed E-state index contributed by atoms with van der Waals surface area (Å²) in [7, 11) is 3.49. The van der Waals surface area contributed by atoms with Crippen LogP contribution in [0.4, 0.5) is 18.0 Å². The zero-order valence-electron chi connectivity index (χ0n) is 13.3. The summed E-state index contributed by atoms with van der Waals surface area (Å²) >= 11 is 0. The molecule has 2 amide bonds. The maximum Gasteiger partial charge on any atom is 0.401 e. The molecular weight excluding hydrogens is 311 g/mol. The van der Waals surface area contributed by atoms with E-state index in [9.17, 15) is 18.0 Å². The van der Waals surface area contributed by atoms with Gasteiger partial charge in [0.1, 0.15) is 0 Å². The minimum absolute atomic E-state index is 0.0802. The molecule has 130 valence electrons. The summed E-state index contributed by atoms with van der Waals surface area (Å²) in [5.41, 5.74) is 0.921. The summed E-state index contributed by atoms with van der Waals surface area (Å²) < 4.78 is 38.7. The predicted octanol–water partition coefficient (Wildman–Crippen LogP) is 1.59. The van der Waals surface area contributed by atoms with Crippen LogP contribution < -0.4 is 5.32 Å². The fourth-order valence-electron chi connectivity index (χ4n) is 2.67. The van der Waals surface area contributed by atoms with Crippen molar-refractivity contribution in [3.8, 4) is 0 Å². The van der Waals surface area contributed by atoms with Gasteiger partial charge in [0.15, 0.2) is 0 Å². The molecular formula is C14H22F3N5O. The van der Waals surface area contributed by atoms with Crippen LogP contribution >= 0.6 is 0 Å². The Labute approximate surface area is 133 Å². The number of nitrogens with one attached hydrogen (secondary N) is 1. The van der Waals surface area contributed by atoms with E-state index >= 15 is 0 Å². The van der Waals surface area contributed by atoms with Gasteiger partial charge in [-0.05, 0) is 12.8 Å². The van der Waals surface area contributed by atoms with Crippen molar-refractivity contribution in [2.45, 2.75) is 31.6 Å². The summed E-state index contributed by atoms with van der Waals surface area (Å²) in [5, 5.41) is 6.92. The van der Waals surface area contributed by atoms with Crippen molar-refractivity contribution in [3.63, 3.8) is 0 Å². The molecule has 0 bridgehead atoms. The number of amides is 2. The van der Waals surface area contributed by atoms with Crippen LogP contribution in [0.2, 0.25) is 0 Å². The first kappa shape index (κ1) is 17.6. The van der Waals surface area contributed by atoms with Gasteiger partial charge in [0, 0.05) is 45.0 Å². The first-order valence-corrected chi connectivity index (χ1v) is 7.51. The summed E-state index contributed by atoms with van der Waals surface area (Å²) in [6.07, 6.45) is 0.421. The molecule has 0 radical (unpaired) electrons. The standard InChI is InChI=1S/C14H22F3N5O/c1-20(8-11-7-18-21(2)9-11)13(23)19-12-3-5-22(6-4-12)10-14(15,16)17/h7,9,12H,3-6,8,10H2,1-2H3,(H,19,23). The molecule has 1 N–H and O–H groups in total. The second kappa shape index (κ2) is 7.20. The van der Waals surface area contributed by atoms with Gasteiger partial charge in [-0.25, -0.2) is 4.79 Å². The Kier molecular flexibility index (Phi) is 5.51. The molecule has 0 aromatic carbocycles. The van der Waals surface area contributed by atoms with Crippen LogP contribution in [0.25, 0.3) is 0 Å². The average molecular weight is 333 g/mol. The second-order valence-corrected chi connectivity index (χ2v) is 5.99. The molecule has 2 rings (SSSR count). The van der Waals surface area contributed by atoms with Gasteiger partial charge in [-0.3, -0.25) is 9.58 Å². The van der Waals surface area contributed by atoms with E-state index in [4.69, 9.17) is 0 Å². The number of aryl methyl sites for hydroxylation is 1. The zero-order valence-corrected chi connectivity index (χ0v) is 13.3. The largest absolute Gasteiger partial charge is 0.401 e. The van der Waals surface area contributed by atoms with E-state index in [1.165, 1.54) is 4.90 Å².